The quantitative estimate of drug-likeness (QED) is 0.360. The van der Waals surface area contributed by atoms with Gasteiger partial charge in [-0.1, -0.05) is 35.2 Å². The van der Waals surface area contributed by atoms with E-state index < -0.39 is 10.2 Å². The predicted octanol–water partition coefficient (Wildman–Crippen LogP) is 3.27. The number of non-ortho nitro benzene ring substituents is 1. The molecule has 3 aromatic rings. The number of amides is 1. The monoisotopic (exact) mass is 408 g/mol. The number of thiazole rings is 1. The molecule has 134 valence electrons. The van der Waals surface area contributed by atoms with Crippen LogP contribution < -0.4 is 11.1 Å². The molecule has 0 radical (unpaired) electrons. The second-order valence-electron chi connectivity index (χ2n) is 5.00. The second-order valence-corrected chi connectivity index (χ2v) is 8.46. The number of nitro benzene ring substituents is 1. The van der Waals surface area contributed by atoms with Crippen molar-refractivity contribution in [1.29, 1.82) is 0 Å². The summed E-state index contributed by atoms with van der Waals surface area (Å²) in [5, 5.41) is 23.3. The van der Waals surface area contributed by atoms with Gasteiger partial charge in [0.1, 0.15) is 0 Å². The minimum absolute atomic E-state index is 0.0116. The molecule has 1 unspecified atom stereocenters. The van der Waals surface area contributed by atoms with Gasteiger partial charge in [0.05, 0.1) is 15.9 Å². The molecule has 2 heterocycles. The Hall–Kier alpha value is -2.57. The van der Waals surface area contributed by atoms with Gasteiger partial charge in [-0.25, -0.2) is 4.98 Å². The minimum atomic E-state index is -0.461. The molecule has 0 saturated carbocycles. The normalized spacial score (nSPS) is 11.9. The Morgan fingerprint density at radius 2 is 2.23 bits per heavy atom. The van der Waals surface area contributed by atoms with E-state index in [0.29, 0.717) is 25.9 Å². The number of carbonyl (C=O) groups excluding carboxylic acids is 1. The summed E-state index contributed by atoms with van der Waals surface area (Å²) in [6.07, 6.45) is 0. The van der Waals surface area contributed by atoms with Crippen molar-refractivity contribution in [2.45, 2.75) is 16.5 Å². The van der Waals surface area contributed by atoms with E-state index in [1.54, 1.807) is 24.4 Å². The van der Waals surface area contributed by atoms with Gasteiger partial charge in [0.25, 0.3) is 5.69 Å². The molecule has 0 bridgehead atoms. The SMILES string of the molecule is CC(Sc1nnc(N)s1)C(=O)Nc1nc(-c2cccc([N+](=O)[O-])c2)cs1. The summed E-state index contributed by atoms with van der Waals surface area (Å²) in [7, 11) is 0. The molecule has 0 aliphatic heterocycles. The Kier molecular flexibility index (Phi) is 5.44. The van der Waals surface area contributed by atoms with Gasteiger partial charge in [-0.3, -0.25) is 14.9 Å². The highest BCUT2D eigenvalue weighted by Gasteiger charge is 2.18. The zero-order chi connectivity index (χ0) is 18.7. The summed E-state index contributed by atoms with van der Waals surface area (Å²) in [6, 6.07) is 6.18. The zero-order valence-electron chi connectivity index (χ0n) is 13.3. The molecule has 3 rings (SSSR count). The van der Waals surface area contributed by atoms with Crippen LogP contribution in [-0.2, 0) is 4.79 Å². The molecule has 12 heteroatoms. The molecule has 2 aromatic heterocycles. The van der Waals surface area contributed by atoms with Gasteiger partial charge in [-0.2, -0.15) is 0 Å². The van der Waals surface area contributed by atoms with E-state index in [0.717, 1.165) is 0 Å². The smallest absolute Gasteiger partial charge is 0.270 e. The number of hydrogen-bond acceptors (Lipinski definition) is 10. The molecule has 26 heavy (non-hydrogen) atoms. The summed E-state index contributed by atoms with van der Waals surface area (Å²) >= 11 is 3.72. The van der Waals surface area contributed by atoms with Crippen LogP contribution in [-0.4, -0.2) is 31.3 Å². The van der Waals surface area contributed by atoms with E-state index in [1.807, 2.05) is 0 Å². The van der Waals surface area contributed by atoms with Gasteiger partial charge < -0.3 is 11.1 Å². The highest BCUT2D eigenvalue weighted by Crippen LogP contribution is 2.30. The first-order valence-electron chi connectivity index (χ1n) is 7.19. The molecule has 3 N–H and O–H groups in total. The number of carbonyl (C=O) groups is 1. The average Bonchev–Trinajstić information content (AvgIpc) is 3.24. The summed E-state index contributed by atoms with van der Waals surface area (Å²) in [6.45, 7) is 1.74. The van der Waals surface area contributed by atoms with Gasteiger partial charge in [0, 0.05) is 23.1 Å². The van der Waals surface area contributed by atoms with E-state index in [1.165, 1.54) is 46.6 Å². The zero-order valence-corrected chi connectivity index (χ0v) is 15.7. The van der Waals surface area contributed by atoms with Crippen LogP contribution in [0.3, 0.4) is 0 Å². The molecule has 0 spiro atoms. The molecule has 0 saturated heterocycles. The van der Waals surface area contributed by atoms with Crippen molar-refractivity contribution in [1.82, 2.24) is 15.2 Å². The minimum Gasteiger partial charge on any atom is -0.374 e. The summed E-state index contributed by atoms with van der Waals surface area (Å²) in [5.41, 5.74) is 6.69. The highest BCUT2D eigenvalue weighted by molar-refractivity contribution is 8.02. The van der Waals surface area contributed by atoms with Crippen molar-refractivity contribution >= 4 is 56.3 Å². The topological polar surface area (TPSA) is 137 Å². The maximum Gasteiger partial charge on any atom is 0.270 e. The van der Waals surface area contributed by atoms with Crippen molar-refractivity contribution in [3.05, 3.63) is 39.8 Å². The number of anilines is 2. The third kappa shape index (κ3) is 4.33. The van der Waals surface area contributed by atoms with Gasteiger partial charge in [-0.15, -0.1) is 21.5 Å². The van der Waals surface area contributed by atoms with E-state index in [4.69, 9.17) is 5.73 Å². The third-order valence-corrected chi connectivity index (χ3v) is 5.85. The van der Waals surface area contributed by atoms with Crippen molar-refractivity contribution in [2.24, 2.45) is 0 Å². The Morgan fingerprint density at radius 1 is 1.42 bits per heavy atom. The van der Waals surface area contributed by atoms with Crippen LogP contribution in [0, 0.1) is 10.1 Å². The third-order valence-electron chi connectivity index (χ3n) is 3.16. The second kappa shape index (κ2) is 7.76. The number of nitrogen functional groups attached to an aromatic ring is 1. The molecule has 9 nitrogen and oxygen atoms in total. The maximum absolute atomic E-state index is 12.3. The lowest BCUT2D eigenvalue weighted by atomic mass is 10.1. The van der Waals surface area contributed by atoms with E-state index in [-0.39, 0.29) is 11.6 Å². The lowest BCUT2D eigenvalue weighted by Gasteiger charge is -2.07. The van der Waals surface area contributed by atoms with Crippen LogP contribution in [0.1, 0.15) is 6.92 Å². The fourth-order valence-electron chi connectivity index (χ4n) is 1.92. The largest absolute Gasteiger partial charge is 0.374 e. The summed E-state index contributed by atoms with van der Waals surface area (Å²) in [4.78, 5) is 27.0. The van der Waals surface area contributed by atoms with Gasteiger partial charge in [0.2, 0.25) is 11.0 Å². The standard InChI is InChI=1S/C14H12N6O3S3/c1-7(25-14-19-18-12(15)26-14)11(21)17-13-16-10(6-24-13)8-3-2-4-9(5-8)20(22)23/h2-7H,1H3,(H2,15,18)(H,16,17,21). The Bertz CT molecular complexity index is 957. The summed E-state index contributed by atoms with van der Waals surface area (Å²) in [5.74, 6) is -0.233. The van der Waals surface area contributed by atoms with Crippen LogP contribution in [0.25, 0.3) is 11.3 Å². The molecule has 1 atom stereocenters. The van der Waals surface area contributed by atoms with Crippen molar-refractivity contribution < 1.29 is 9.72 Å². The number of aromatic nitrogens is 3. The number of thioether (sulfide) groups is 1. The Balaban J connectivity index is 1.67. The first kappa shape index (κ1) is 18.2. The molecule has 0 aliphatic rings. The molecule has 0 fully saturated rings. The molecular formula is C14H12N6O3S3. The van der Waals surface area contributed by atoms with Gasteiger partial charge in [-0.05, 0) is 6.92 Å². The molecule has 0 aliphatic carbocycles. The van der Waals surface area contributed by atoms with Gasteiger partial charge >= 0.3 is 0 Å². The maximum atomic E-state index is 12.3. The van der Waals surface area contributed by atoms with E-state index >= 15 is 0 Å². The number of nitrogens with one attached hydrogen (secondary N) is 1. The fourth-order valence-corrected chi connectivity index (χ4v) is 4.43. The number of benzene rings is 1. The van der Waals surface area contributed by atoms with Crippen molar-refractivity contribution in [2.75, 3.05) is 11.1 Å². The Labute approximate surface area is 159 Å². The lowest BCUT2D eigenvalue weighted by Crippen LogP contribution is -2.22. The van der Waals surface area contributed by atoms with Crippen molar-refractivity contribution in [3.8, 4) is 11.3 Å². The number of nitrogens with two attached hydrogens (primary N) is 1. The van der Waals surface area contributed by atoms with E-state index in [2.05, 4.69) is 20.5 Å². The first-order chi connectivity index (χ1) is 12.4. The lowest BCUT2D eigenvalue weighted by molar-refractivity contribution is -0.384. The van der Waals surface area contributed by atoms with Crippen molar-refractivity contribution in [3.63, 3.8) is 0 Å². The van der Waals surface area contributed by atoms with Crippen LogP contribution in [0.5, 0.6) is 0 Å². The highest BCUT2D eigenvalue weighted by atomic mass is 32.2. The van der Waals surface area contributed by atoms with Crippen LogP contribution in [0.15, 0.2) is 34.0 Å². The van der Waals surface area contributed by atoms with E-state index in [9.17, 15) is 14.9 Å². The molecular weight excluding hydrogens is 396 g/mol. The Morgan fingerprint density at radius 3 is 2.92 bits per heavy atom. The number of nitro groups is 1. The fraction of sp³-hybridized carbons (Fsp3) is 0.143. The first-order valence-corrected chi connectivity index (χ1v) is 9.77. The number of nitrogens with zero attached hydrogens (tertiary/aromatic N) is 4. The molecule has 1 aromatic carbocycles. The molecule has 1 amide bonds. The van der Waals surface area contributed by atoms with Crippen LogP contribution in [0.2, 0.25) is 0 Å². The number of rotatable bonds is 6. The van der Waals surface area contributed by atoms with Crippen LogP contribution in [0.4, 0.5) is 16.0 Å². The number of hydrogen-bond donors (Lipinski definition) is 2. The average molecular weight is 408 g/mol. The van der Waals surface area contributed by atoms with Gasteiger partial charge in [0.15, 0.2) is 9.47 Å². The van der Waals surface area contributed by atoms with Crippen LogP contribution >= 0.6 is 34.4 Å². The summed E-state index contributed by atoms with van der Waals surface area (Å²) < 4.78 is 0.613. The predicted molar refractivity (Wildman–Crippen MR) is 102 cm³/mol.